The number of nitrogens with two attached hydrogens (primary N) is 1. The summed E-state index contributed by atoms with van der Waals surface area (Å²) in [5.41, 5.74) is 8.06. The number of hydrogen-bond donors (Lipinski definition) is 3. The Kier molecular flexibility index (Phi) is 3.09. The van der Waals surface area contributed by atoms with Crippen LogP contribution in [-0.2, 0) is 9.59 Å². The van der Waals surface area contributed by atoms with Crippen LogP contribution in [0.15, 0.2) is 12.1 Å². The maximum absolute atomic E-state index is 11.4. The van der Waals surface area contributed by atoms with Crippen LogP contribution in [0.2, 0.25) is 0 Å². The number of nitrogen functional groups attached to an aromatic ring is 1. The Hall–Kier alpha value is -2.44. The van der Waals surface area contributed by atoms with Gasteiger partial charge in [0, 0.05) is 32.1 Å². The minimum absolute atomic E-state index is 0.00786. The molecule has 2 aliphatic rings. The smallest absolute Gasteiger partial charge is 0.262 e. The molecule has 1 fully saturated rings. The maximum Gasteiger partial charge on any atom is 0.262 e. The molecule has 0 radical (unpaired) electrons. The molecule has 0 atom stereocenters. The lowest BCUT2D eigenvalue weighted by Crippen LogP contribution is -2.30. The molecule has 1 aromatic rings. The second-order valence-electron chi connectivity index (χ2n) is 4.83. The van der Waals surface area contributed by atoms with Crippen LogP contribution in [0.1, 0.15) is 6.42 Å². The van der Waals surface area contributed by atoms with Crippen molar-refractivity contribution in [3.05, 3.63) is 12.1 Å². The van der Waals surface area contributed by atoms with Gasteiger partial charge in [-0.3, -0.25) is 9.59 Å². The average molecular weight is 276 g/mol. The molecule has 2 heterocycles. The zero-order valence-electron chi connectivity index (χ0n) is 10.9. The zero-order valence-corrected chi connectivity index (χ0v) is 10.9. The van der Waals surface area contributed by atoms with Gasteiger partial charge in [-0.1, -0.05) is 0 Å². The third-order valence-corrected chi connectivity index (χ3v) is 3.42. The lowest BCUT2D eigenvalue weighted by atomic mass is 10.1. The fraction of sp³-hybridized carbons (Fsp3) is 0.385. The number of benzene rings is 1. The lowest BCUT2D eigenvalue weighted by molar-refractivity contribution is -0.120. The summed E-state index contributed by atoms with van der Waals surface area (Å²) >= 11 is 0. The number of rotatable bonds is 1. The zero-order chi connectivity index (χ0) is 14.1. The Balaban J connectivity index is 1.91. The first-order valence-corrected chi connectivity index (χ1v) is 6.51. The molecule has 7 nitrogen and oxygen atoms in total. The van der Waals surface area contributed by atoms with E-state index in [1.807, 2.05) is 4.90 Å². The van der Waals surface area contributed by atoms with Gasteiger partial charge in [0.1, 0.15) is 5.75 Å². The number of amides is 2. The van der Waals surface area contributed by atoms with Crippen LogP contribution in [-0.4, -0.2) is 38.1 Å². The average Bonchev–Trinajstić information content (AvgIpc) is 2.63. The molecular formula is C13H16N4O3. The van der Waals surface area contributed by atoms with Gasteiger partial charge in [-0.2, -0.15) is 0 Å². The highest BCUT2D eigenvalue weighted by Crippen LogP contribution is 2.37. The van der Waals surface area contributed by atoms with E-state index in [2.05, 4.69) is 10.6 Å². The topological polar surface area (TPSA) is 96.7 Å². The molecule has 7 heteroatoms. The molecule has 2 aliphatic heterocycles. The Morgan fingerprint density at radius 1 is 1.20 bits per heavy atom. The summed E-state index contributed by atoms with van der Waals surface area (Å²) in [4.78, 5) is 24.8. The van der Waals surface area contributed by atoms with Gasteiger partial charge in [-0.15, -0.1) is 0 Å². The van der Waals surface area contributed by atoms with Crippen molar-refractivity contribution in [3.63, 3.8) is 0 Å². The van der Waals surface area contributed by atoms with Crippen molar-refractivity contribution in [2.75, 3.05) is 42.2 Å². The summed E-state index contributed by atoms with van der Waals surface area (Å²) in [7, 11) is 0. The van der Waals surface area contributed by atoms with E-state index in [0.717, 1.165) is 5.69 Å². The molecule has 0 aliphatic carbocycles. The number of carbonyl (C=O) groups excluding carboxylic acids is 2. The molecule has 20 heavy (non-hydrogen) atoms. The molecule has 3 rings (SSSR count). The highest BCUT2D eigenvalue weighted by molar-refractivity contribution is 5.97. The quantitative estimate of drug-likeness (QED) is 0.624. The van der Waals surface area contributed by atoms with Gasteiger partial charge in [-0.25, -0.2) is 0 Å². The predicted octanol–water partition coefficient (Wildman–Crippen LogP) is -0.0740. The number of carbonyl (C=O) groups is 2. The Morgan fingerprint density at radius 2 is 2.05 bits per heavy atom. The van der Waals surface area contributed by atoms with Crippen LogP contribution < -0.4 is 26.0 Å². The van der Waals surface area contributed by atoms with Gasteiger partial charge in [0.15, 0.2) is 6.61 Å². The van der Waals surface area contributed by atoms with Gasteiger partial charge in [-0.05, 0) is 6.07 Å². The fourth-order valence-electron chi connectivity index (χ4n) is 2.41. The largest absolute Gasteiger partial charge is 0.482 e. The first-order valence-electron chi connectivity index (χ1n) is 6.51. The molecule has 1 saturated heterocycles. The first kappa shape index (κ1) is 12.6. The van der Waals surface area contributed by atoms with Crippen molar-refractivity contribution in [2.24, 2.45) is 0 Å². The summed E-state index contributed by atoms with van der Waals surface area (Å²) in [6.45, 7) is 1.87. The van der Waals surface area contributed by atoms with E-state index in [1.165, 1.54) is 0 Å². The van der Waals surface area contributed by atoms with Crippen molar-refractivity contribution in [1.29, 1.82) is 0 Å². The predicted molar refractivity (Wildman–Crippen MR) is 74.8 cm³/mol. The van der Waals surface area contributed by atoms with E-state index in [4.69, 9.17) is 10.5 Å². The van der Waals surface area contributed by atoms with Gasteiger partial charge in [0.05, 0.1) is 17.1 Å². The van der Waals surface area contributed by atoms with E-state index >= 15 is 0 Å². The van der Waals surface area contributed by atoms with Gasteiger partial charge in [0.2, 0.25) is 5.91 Å². The van der Waals surface area contributed by atoms with E-state index in [-0.39, 0.29) is 18.4 Å². The molecule has 0 saturated carbocycles. The minimum atomic E-state index is -0.180. The standard InChI is InChI=1S/C13H16N4O3/c14-8-5-11-9(16-13(19)7-20-11)6-10(8)17-3-1-12(18)15-2-4-17/h5-6H,1-4,7,14H2,(H,15,18)(H,16,19). The molecule has 106 valence electrons. The SMILES string of the molecule is Nc1cc2c(cc1N1CCNC(=O)CC1)NC(=O)CO2. The highest BCUT2D eigenvalue weighted by Gasteiger charge is 2.21. The molecule has 0 aromatic heterocycles. The number of fused-ring (bicyclic) bond motifs is 1. The Labute approximate surface area is 116 Å². The number of anilines is 3. The summed E-state index contributed by atoms with van der Waals surface area (Å²) in [5, 5.41) is 5.58. The summed E-state index contributed by atoms with van der Waals surface area (Å²) in [5.74, 6) is 0.441. The second kappa shape index (κ2) is 4.92. The number of nitrogens with one attached hydrogen (secondary N) is 2. The van der Waals surface area contributed by atoms with Gasteiger partial charge >= 0.3 is 0 Å². The summed E-state index contributed by atoms with van der Waals surface area (Å²) in [6.07, 6.45) is 0.430. The minimum Gasteiger partial charge on any atom is -0.482 e. The van der Waals surface area contributed by atoms with Crippen LogP contribution in [0.4, 0.5) is 17.1 Å². The first-order chi connectivity index (χ1) is 9.63. The normalized spacial score (nSPS) is 18.5. The van der Waals surface area contributed by atoms with E-state index in [1.54, 1.807) is 12.1 Å². The van der Waals surface area contributed by atoms with Crippen LogP contribution in [0.3, 0.4) is 0 Å². The van der Waals surface area contributed by atoms with Crippen LogP contribution >= 0.6 is 0 Å². The molecular weight excluding hydrogens is 260 g/mol. The third-order valence-electron chi connectivity index (χ3n) is 3.42. The number of nitrogens with zero attached hydrogens (tertiary/aromatic N) is 1. The van der Waals surface area contributed by atoms with Crippen molar-refractivity contribution < 1.29 is 14.3 Å². The molecule has 4 N–H and O–H groups in total. The Bertz CT molecular complexity index is 573. The third kappa shape index (κ3) is 2.34. The fourth-order valence-corrected chi connectivity index (χ4v) is 2.41. The van der Waals surface area contributed by atoms with Crippen molar-refractivity contribution >= 4 is 28.9 Å². The number of hydrogen-bond acceptors (Lipinski definition) is 5. The van der Waals surface area contributed by atoms with Crippen molar-refractivity contribution in [3.8, 4) is 5.75 Å². The van der Waals surface area contributed by atoms with E-state index < -0.39 is 0 Å². The summed E-state index contributed by atoms with van der Waals surface area (Å²) in [6, 6.07) is 3.52. The van der Waals surface area contributed by atoms with Gasteiger partial charge < -0.3 is 26.0 Å². The summed E-state index contributed by atoms with van der Waals surface area (Å²) < 4.78 is 5.32. The van der Waals surface area contributed by atoms with E-state index in [9.17, 15) is 9.59 Å². The van der Waals surface area contributed by atoms with Crippen LogP contribution in [0, 0.1) is 0 Å². The maximum atomic E-state index is 11.4. The highest BCUT2D eigenvalue weighted by atomic mass is 16.5. The molecule has 1 aromatic carbocycles. The molecule has 2 amide bonds. The number of ether oxygens (including phenoxy) is 1. The molecule has 0 unspecified atom stereocenters. The van der Waals surface area contributed by atoms with Crippen molar-refractivity contribution in [2.45, 2.75) is 6.42 Å². The van der Waals surface area contributed by atoms with Crippen LogP contribution in [0.5, 0.6) is 5.75 Å². The molecule has 0 spiro atoms. The lowest BCUT2D eigenvalue weighted by Gasteiger charge is -2.26. The van der Waals surface area contributed by atoms with Gasteiger partial charge in [0.25, 0.3) is 5.91 Å². The molecule has 0 bridgehead atoms. The van der Waals surface area contributed by atoms with Crippen molar-refractivity contribution in [1.82, 2.24) is 5.32 Å². The second-order valence-corrected chi connectivity index (χ2v) is 4.83. The van der Waals surface area contributed by atoms with Crippen LogP contribution in [0.25, 0.3) is 0 Å². The monoisotopic (exact) mass is 276 g/mol. The van der Waals surface area contributed by atoms with E-state index in [0.29, 0.717) is 43.2 Å². The Morgan fingerprint density at radius 3 is 2.90 bits per heavy atom.